The molecular formula is C23H35NOS. The van der Waals surface area contributed by atoms with Crippen molar-refractivity contribution in [3.8, 4) is 0 Å². The predicted molar refractivity (Wildman–Crippen MR) is 119 cm³/mol. The average molecular weight is 374 g/mol. The lowest BCUT2D eigenvalue weighted by atomic mass is 9.94. The second-order valence-electron chi connectivity index (χ2n) is 6.38. The van der Waals surface area contributed by atoms with Crippen LogP contribution in [0.5, 0.6) is 0 Å². The van der Waals surface area contributed by atoms with Crippen LogP contribution in [0, 0.1) is 0 Å². The molecule has 1 aliphatic carbocycles. The molecule has 0 aliphatic heterocycles. The van der Waals surface area contributed by atoms with Gasteiger partial charge in [-0.25, -0.2) is 0 Å². The smallest absolute Gasteiger partial charge is 0.0555 e. The molecule has 0 fully saturated rings. The first-order valence-electron chi connectivity index (χ1n) is 9.68. The Morgan fingerprint density at radius 1 is 1.19 bits per heavy atom. The summed E-state index contributed by atoms with van der Waals surface area (Å²) >= 11 is 1.92. The molecule has 0 amide bonds. The zero-order valence-electron chi connectivity index (χ0n) is 16.5. The SMILES string of the molecule is C=C(C1=CCCC=C1)c1ccc(CCCSC)cc1.CCCNCCO. The van der Waals surface area contributed by atoms with Crippen molar-refractivity contribution >= 4 is 17.3 Å². The maximum absolute atomic E-state index is 8.23. The molecule has 0 radical (unpaired) electrons. The first-order chi connectivity index (χ1) is 12.7. The summed E-state index contributed by atoms with van der Waals surface area (Å²) < 4.78 is 0. The van der Waals surface area contributed by atoms with Crippen LogP contribution >= 0.6 is 11.8 Å². The molecule has 1 aromatic carbocycles. The summed E-state index contributed by atoms with van der Waals surface area (Å²) in [5.74, 6) is 1.24. The van der Waals surface area contributed by atoms with Crippen molar-refractivity contribution in [2.75, 3.05) is 31.7 Å². The van der Waals surface area contributed by atoms with E-state index in [2.05, 4.69) is 67.6 Å². The van der Waals surface area contributed by atoms with Crippen LogP contribution in [0.25, 0.3) is 5.57 Å². The molecule has 0 aromatic heterocycles. The number of thioether (sulfide) groups is 1. The van der Waals surface area contributed by atoms with Gasteiger partial charge in [0, 0.05) is 6.54 Å². The minimum Gasteiger partial charge on any atom is -0.395 e. The van der Waals surface area contributed by atoms with Gasteiger partial charge < -0.3 is 10.4 Å². The Labute approximate surface area is 164 Å². The topological polar surface area (TPSA) is 32.3 Å². The van der Waals surface area contributed by atoms with Gasteiger partial charge in [-0.3, -0.25) is 0 Å². The molecule has 0 spiro atoms. The van der Waals surface area contributed by atoms with Crippen molar-refractivity contribution in [2.45, 2.75) is 39.0 Å². The van der Waals surface area contributed by atoms with Crippen molar-refractivity contribution in [3.05, 3.63) is 65.8 Å². The molecule has 0 unspecified atom stereocenters. The van der Waals surface area contributed by atoms with Crippen molar-refractivity contribution < 1.29 is 5.11 Å². The van der Waals surface area contributed by atoms with Gasteiger partial charge in [0.1, 0.15) is 0 Å². The van der Waals surface area contributed by atoms with Gasteiger partial charge in [0.2, 0.25) is 0 Å². The Balaban J connectivity index is 0.000000412. The summed E-state index contributed by atoms with van der Waals surface area (Å²) in [5.41, 5.74) is 5.10. The summed E-state index contributed by atoms with van der Waals surface area (Å²) in [4.78, 5) is 0. The first kappa shape index (κ1) is 22.8. The quantitative estimate of drug-likeness (QED) is 0.549. The summed E-state index contributed by atoms with van der Waals surface area (Å²) in [6, 6.07) is 8.90. The van der Waals surface area contributed by atoms with Gasteiger partial charge in [0.25, 0.3) is 0 Å². The molecule has 1 aliphatic rings. The molecule has 0 bridgehead atoms. The van der Waals surface area contributed by atoms with Crippen LogP contribution in [-0.4, -0.2) is 36.8 Å². The lowest BCUT2D eigenvalue weighted by Gasteiger charge is -2.11. The Kier molecular flexibility index (Phi) is 13.0. The van der Waals surface area contributed by atoms with Crippen molar-refractivity contribution in [1.82, 2.24) is 5.32 Å². The highest BCUT2D eigenvalue weighted by Crippen LogP contribution is 2.25. The fourth-order valence-electron chi connectivity index (χ4n) is 2.68. The monoisotopic (exact) mass is 373 g/mol. The molecule has 1 aromatic rings. The minimum atomic E-state index is 0.250. The highest BCUT2D eigenvalue weighted by molar-refractivity contribution is 7.98. The molecule has 2 rings (SSSR count). The number of hydrogen-bond acceptors (Lipinski definition) is 3. The number of benzene rings is 1. The number of aliphatic hydroxyl groups excluding tert-OH is 1. The van der Waals surface area contributed by atoms with Crippen LogP contribution in [0.2, 0.25) is 0 Å². The molecule has 0 heterocycles. The summed E-state index contributed by atoms with van der Waals surface area (Å²) in [6.07, 6.45) is 14.7. The fraction of sp³-hybridized carbons (Fsp3) is 0.478. The van der Waals surface area contributed by atoms with E-state index in [4.69, 9.17) is 5.11 Å². The largest absolute Gasteiger partial charge is 0.395 e. The standard InChI is InChI=1S/C18H22S.C5H13NO/c1-15(17-8-4-3-5-9-17)18-12-10-16(11-13-18)7-6-14-19-2;1-2-3-6-4-5-7/h4,8-13H,1,3,5-7,14H2,2H3;6-7H,2-5H2,1H3. The van der Waals surface area contributed by atoms with E-state index in [0.29, 0.717) is 0 Å². The van der Waals surface area contributed by atoms with E-state index in [9.17, 15) is 0 Å². The van der Waals surface area contributed by atoms with E-state index >= 15 is 0 Å². The lowest BCUT2D eigenvalue weighted by Crippen LogP contribution is -2.18. The lowest BCUT2D eigenvalue weighted by molar-refractivity contribution is 0.292. The number of nitrogens with one attached hydrogen (secondary N) is 1. The minimum absolute atomic E-state index is 0.250. The molecule has 0 saturated carbocycles. The maximum Gasteiger partial charge on any atom is 0.0555 e. The Hall–Kier alpha value is -1.29. The Morgan fingerprint density at radius 3 is 2.54 bits per heavy atom. The fourth-order valence-corrected chi connectivity index (χ4v) is 3.11. The van der Waals surface area contributed by atoms with E-state index in [1.807, 2.05) is 11.8 Å². The molecule has 26 heavy (non-hydrogen) atoms. The second-order valence-corrected chi connectivity index (χ2v) is 7.37. The van der Waals surface area contributed by atoms with Crippen molar-refractivity contribution in [1.29, 1.82) is 0 Å². The van der Waals surface area contributed by atoms with Gasteiger partial charge in [0.05, 0.1) is 6.61 Å². The van der Waals surface area contributed by atoms with Gasteiger partial charge in [-0.1, -0.05) is 56.0 Å². The highest BCUT2D eigenvalue weighted by Gasteiger charge is 2.05. The van der Waals surface area contributed by atoms with Gasteiger partial charge in [-0.05, 0) is 72.9 Å². The van der Waals surface area contributed by atoms with E-state index in [1.165, 1.54) is 35.3 Å². The molecule has 144 valence electrons. The third kappa shape index (κ3) is 9.42. The zero-order valence-corrected chi connectivity index (χ0v) is 17.3. The van der Waals surface area contributed by atoms with E-state index in [0.717, 1.165) is 37.9 Å². The third-order valence-electron chi connectivity index (χ3n) is 4.18. The van der Waals surface area contributed by atoms with E-state index < -0.39 is 0 Å². The van der Waals surface area contributed by atoms with Gasteiger partial charge in [-0.15, -0.1) is 0 Å². The predicted octanol–water partition coefficient (Wildman–Crippen LogP) is 5.25. The number of aliphatic hydroxyl groups is 1. The van der Waals surface area contributed by atoms with Crippen LogP contribution < -0.4 is 5.32 Å². The second kappa shape index (κ2) is 14.8. The van der Waals surface area contributed by atoms with Crippen LogP contribution in [0.15, 0.2) is 54.6 Å². The molecule has 2 nitrogen and oxygen atoms in total. The van der Waals surface area contributed by atoms with Crippen LogP contribution in [-0.2, 0) is 6.42 Å². The van der Waals surface area contributed by atoms with Crippen LogP contribution in [0.3, 0.4) is 0 Å². The molecule has 2 N–H and O–H groups in total. The first-order valence-corrected chi connectivity index (χ1v) is 11.1. The number of allylic oxidation sites excluding steroid dienone is 5. The number of aryl methyl sites for hydroxylation is 1. The number of rotatable bonds is 10. The molecule has 0 saturated heterocycles. The van der Waals surface area contributed by atoms with Gasteiger partial charge in [-0.2, -0.15) is 11.8 Å². The number of hydrogen-bond donors (Lipinski definition) is 2. The molecule has 3 heteroatoms. The normalized spacial score (nSPS) is 13.0. The van der Waals surface area contributed by atoms with Crippen LogP contribution in [0.1, 0.15) is 43.7 Å². The maximum atomic E-state index is 8.23. The summed E-state index contributed by atoms with van der Waals surface area (Å²) in [7, 11) is 0. The Morgan fingerprint density at radius 2 is 1.96 bits per heavy atom. The highest BCUT2D eigenvalue weighted by atomic mass is 32.2. The average Bonchev–Trinajstić information content (AvgIpc) is 2.70. The van der Waals surface area contributed by atoms with E-state index in [-0.39, 0.29) is 6.61 Å². The summed E-state index contributed by atoms with van der Waals surface area (Å²) in [6.45, 7) is 8.33. The third-order valence-corrected chi connectivity index (χ3v) is 4.87. The van der Waals surface area contributed by atoms with Crippen molar-refractivity contribution in [3.63, 3.8) is 0 Å². The van der Waals surface area contributed by atoms with Crippen molar-refractivity contribution in [2.24, 2.45) is 0 Å². The van der Waals surface area contributed by atoms with E-state index in [1.54, 1.807) is 0 Å². The van der Waals surface area contributed by atoms with Crippen LogP contribution in [0.4, 0.5) is 0 Å². The Bertz CT molecular complexity index is 556. The van der Waals surface area contributed by atoms with Gasteiger partial charge >= 0.3 is 0 Å². The molecular weight excluding hydrogens is 338 g/mol. The van der Waals surface area contributed by atoms with Gasteiger partial charge in [0.15, 0.2) is 0 Å². The summed E-state index contributed by atoms with van der Waals surface area (Å²) in [5, 5.41) is 11.3. The zero-order chi connectivity index (χ0) is 19.0. The molecule has 0 atom stereocenters.